The molecule has 1 aliphatic heterocycles. The maximum absolute atomic E-state index is 13.7. The number of aryl methyl sites for hydroxylation is 1. The zero-order chi connectivity index (χ0) is 18.2. The van der Waals surface area contributed by atoms with Crippen LogP contribution in [-0.4, -0.2) is 15.4 Å². The van der Waals surface area contributed by atoms with Crippen LogP contribution in [-0.2, 0) is 6.42 Å². The molecule has 1 fully saturated rings. The highest BCUT2D eigenvalue weighted by atomic mass is 28.3. The van der Waals surface area contributed by atoms with Crippen LogP contribution in [0.4, 0.5) is 17.6 Å². The van der Waals surface area contributed by atoms with Crippen LogP contribution < -0.4 is 4.74 Å². The molecule has 1 nitrogen and oxygen atoms in total. The standard InChI is InChI=1S/C19H27F4OSi/c1-2-9-25-10-7-14(8-11-25)5-3-4-6-15-12-16(20)18(17(21)13-15)24-19(22)23/h12-14,19H,2-11H2,1H3. The molecule has 0 saturated carbocycles. The molecule has 0 bridgehead atoms. The van der Waals surface area contributed by atoms with Crippen LogP contribution in [0, 0.1) is 17.6 Å². The molecule has 0 amide bonds. The largest absolute Gasteiger partial charge is 0.429 e. The molecule has 0 spiro atoms. The fourth-order valence-corrected chi connectivity index (χ4v) is 6.79. The first-order valence-electron chi connectivity index (χ1n) is 9.25. The van der Waals surface area contributed by atoms with Gasteiger partial charge in [-0.05, 0) is 36.5 Å². The topological polar surface area (TPSA) is 9.23 Å². The molecule has 1 aromatic carbocycles. The minimum Gasteiger partial charge on any atom is -0.429 e. The summed E-state index contributed by atoms with van der Waals surface area (Å²) >= 11 is 0. The molecule has 0 unspecified atom stereocenters. The van der Waals surface area contributed by atoms with Crippen molar-refractivity contribution >= 4 is 8.80 Å². The molecular weight excluding hydrogens is 348 g/mol. The summed E-state index contributed by atoms with van der Waals surface area (Å²) in [6.45, 7) is -0.966. The van der Waals surface area contributed by atoms with Crippen molar-refractivity contribution in [2.45, 2.75) is 76.6 Å². The van der Waals surface area contributed by atoms with E-state index in [-0.39, 0.29) is 8.80 Å². The van der Waals surface area contributed by atoms with Gasteiger partial charge in [-0.15, -0.1) is 0 Å². The van der Waals surface area contributed by atoms with Crippen molar-refractivity contribution in [2.75, 3.05) is 0 Å². The fraction of sp³-hybridized carbons (Fsp3) is 0.684. The number of benzene rings is 1. The van der Waals surface area contributed by atoms with Crippen LogP contribution in [0.2, 0.25) is 18.1 Å². The molecule has 1 heterocycles. The lowest BCUT2D eigenvalue weighted by Gasteiger charge is -2.27. The zero-order valence-corrected chi connectivity index (χ0v) is 15.8. The Bertz CT molecular complexity index is 507. The average molecular weight is 376 g/mol. The first kappa shape index (κ1) is 20.3. The summed E-state index contributed by atoms with van der Waals surface area (Å²) in [5.41, 5.74) is 0.494. The molecule has 0 atom stereocenters. The second-order valence-electron chi connectivity index (χ2n) is 6.96. The third-order valence-corrected chi connectivity index (χ3v) is 8.21. The fourth-order valence-electron chi connectivity index (χ4n) is 3.70. The van der Waals surface area contributed by atoms with Crippen LogP contribution in [0.25, 0.3) is 0 Å². The van der Waals surface area contributed by atoms with Gasteiger partial charge in [-0.2, -0.15) is 8.78 Å². The second-order valence-corrected chi connectivity index (χ2v) is 9.96. The number of rotatable bonds is 9. The van der Waals surface area contributed by atoms with Gasteiger partial charge in [-0.3, -0.25) is 0 Å². The molecule has 2 rings (SSSR count). The van der Waals surface area contributed by atoms with E-state index in [4.69, 9.17) is 0 Å². The summed E-state index contributed by atoms with van der Waals surface area (Å²) < 4.78 is 55.5. The van der Waals surface area contributed by atoms with Crippen molar-refractivity contribution in [2.24, 2.45) is 5.92 Å². The van der Waals surface area contributed by atoms with Crippen molar-refractivity contribution in [3.05, 3.63) is 29.3 Å². The van der Waals surface area contributed by atoms with Gasteiger partial charge in [0.05, 0.1) is 0 Å². The number of halogens is 4. The summed E-state index contributed by atoms with van der Waals surface area (Å²) in [4.78, 5) is 0. The molecule has 25 heavy (non-hydrogen) atoms. The summed E-state index contributed by atoms with van der Waals surface area (Å²) in [6, 6.07) is 6.51. The van der Waals surface area contributed by atoms with Crippen LogP contribution >= 0.6 is 0 Å². The van der Waals surface area contributed by atoms with Gasteiger partial charge in [0.25, 0.3) is 0 Å². The van der Waals surface area contributed by atoms with Crippen molar-refractivity contribution < 1.29 is 22.3 Å². The van der Waals surface area contributed by atoms with Gasteiger partial charge >= 0.3 is 6.61 Å². The highest BCUT2D eigenvalue weighted by Crippen LogP contribution is 2.31. The summed E-state index contributed by atoms with van der Waals surface area (Å²) in [5, 5.41) is 0. The van der Waals surface area contributed by atoms with Gasteiger partial charge in [-0.1, -0.05) is 57.2 Å². The Balaban J connectivity index is 1.72. The van der Waals surface area contributed by atoms with Gasteiger partial charge < -0.3 is 4.74 Å². The molecule has 141 valence electrons. The Hall–Kier alpha value is -1.04. The van der Waals surface area contributed by atoms with Crippen LogP contribution in [0.5, 0.6) is 5.75 Å². The highest BCUT2D eigenvalue weighted by molar-refractivity contribution is 6.58. The first-order chi connectivity index (χ1) is 12.0. The SMILES string of the molecule is CCC[Si]1CCC(CCCCc2cc(F)c(OC(F)F)c(F)c2)CC1. The summed E-state index contributed by atoms with van der Waals surface area (Å²) in [5.74, 6) is -2.31. The minimum atomic E-state index is -3.23. The molecule has 1 aliphatic rings. The van der Waals surface area contributed by atoms with Crippen molar-refractivity contribution in [3.63, 3.8) is 0 Å². The van der Waals surface area contributed by atoms with E-state index in [0.29, 0.717) is 12.0 Å². The highest BCUT2D eigenvalue weighted by Gasteiger charge is 2.21. The maximum Gasteiger partial charge on any atom is 0.387 e. The number of hydrogen-bond acceptors (Lipinski definition) is 1. The lowest BCUT2D eigenvalue weighted by atomic mass is 9.94. The van der Waals surface area contributed by atoms with E-state index in [1.54, 1.807) is 0 Å². The van der Waals surface area contributed by atoms with Gasteiger partial charge in [0.2, 0.25) is 0 Å². The molecule has 1 radical (unpaired) electrons. The molecule has 0 aromatic heterocycles. The van der Waals surface area contributed by atoms with Gasteiger partial charge in [-0.25, -0.2) is 8.78 Å². The number of unbranched alkanes of at least 4 members (excludes halogenated alkanes) is 1. The molecule has 1 saturated heterocycles. The lowest BCUT2D eigenvalue weighted by molar-refractivity contribution is -0.0546. The number of alkyl halides is 2. The van der Waals surface area contributed by atoms with Gasteiger partial charge in [0.1, 0.15) is 0 Å². The lowest BCUT2D eigenvalue weighted by Crippen LogP contribution is -2.20. The quantitative estimate of drug-likeness (QED) is 0.269. The summed E-state index contributed by atoms with van der Waals surface area (Å²) in [7, 11) is -0.0746. The van der Waals surface area contributed by atoms with Crippen LogP contribution in [0.1, 0.15) is 51.0 Å². The number of hydrogen-bond donors (Lipinski definition) is 0. The van der Waals surface area contributed by atoms with Gasteiger partial charge in [0.15, 0.2) is 17.4 Å². The van der Waals surface area contributed by atoms with E-state index >= 15 is 0 Å². The van der Waals surface area contributed by atoms with Crippen LogP contribution in [0.15, 0.2) is 12.1 Å². The minimum absolute atomic E-state index is 0.0746. The van der Waals surface area contributed by atoms with Crippen molar-refractivity contribution in [3.8, 4) is 5.75 Å². The number of ether oxygens (including phenoxy) is 1. The predicted molar refractivity (Wildman–Crippen MR) is 93.7 cm³/mol. The van der Waals surface area contributed by atoms with Crippen LogP contribution in [0.3, 0.4) is 0 Å². The first-order valence-corrected chi connectivity index (χ1v) is 11.4. The third kappa shape index (κ3) is 6.64. The molecule has 1 aromatic rings. The molecular formula is C19H27F4OSi. The Labute approximate surface area is 149 Å². The zero-order valence-electron chi connectivity index (χ0n) is 14.8. The Morgan fingerprint density at radius 2 is 1.76 bits per heavy atom. The Morgan fingerprint density at radius 1 is 1.12 bits per heavy atom. The average Bonchev–Trinajstić information content (AvgIpc) is 2.56. The second kappa shape index (κ2) is 10.2. The van der Waals surface area contributed by atoms with Crippen molar-refractivity contribution in [1.29, 1.82) is 0 Å². The normalized spacial score (nSPS) is 16.6. The molecule has 0 N–H and O–H groups in total. The summed E-state index contributed by atoms with van der Waals surface area (Å²) in [6.07, 6.45) is 7.64. The Kier molecular flexibility index (Phi) is 8.26. The van der Waals surface area contributed by atoms with E-state index in [9.17, 15) is 17.6 Å². The van der Waals surface area contributed by atoms with Crippen molar-refractivity contribution in [1.82, 2.24) is 0 Å². The van der Waals surface area contributed by atoms with E-state index < -0.39 is 24.0 Å². The maximum atomic E-state index is 13.7. The Morgan fingerprint density at radius 3 is 2.32 bits per heavy atom. The predicted octanol–water partition coefficient (Wildman–Crippen LogP) is 6.59. The molecule has 0 aliphatic carbocycles. The molecule has 6 heteroatoms. The van der Waals surface area contributed by atoms with E-state index in [1.807, 2.05) is 0 Å². The van der Waals surface area contributed by atoms with Gasteiger partial charge in [0, 0.05) is 8.80 Å². The third-order valence-electron chi connectivity index (χ3n) is 5.01. The smallest absolute Gasteiger partial charge is 0.387 e. The monoisotopic (exact) mass is 375 g/mol. The van der Waals surface area contributed by atoms with E-state index in [1.165, 1.54) is 43.8 Å². The van der Waals surface area contributed by atoms with E-state index in [0.717, 1.165) is 30.9 Å². The van der Waals surface area contributed by atoms with E-state index in [2.05, 4.69) is 11.7 Å².